The Morgan fingerprint density at radius 3 is 2.80 bits per heavy atom. The second kappa shape index (κ2) is 7.98. The average Bonchev–Trinajstić information content (AvgIpc) is 2.39. The van der Waals surface area contributed by atoms with E-state index in [4.69, 9.17) is 16.3 Å². The number of likely N-dealkylation sites (N-methyl/N-ethyl adjacent to an activating group) is 1. The number of nitro groups is 1. The minimum Gasteiger partial charge on any atom is -0.383 e. The largest absolute Gasteiger partial charge is 0.383 e. The molecule has 0 aliphatic rings. The quantitative estimate of drug-likeness (QED) is 0.590. The van der Waals surface area contributed by atoms with Gasteiger partial charge in [0, 0.05) is 26.7 Å². The van der Waals surface area contributed by atoms with Gasteiger partial charge in [0.2, 0.25) is 0 Å². The van der Waals surface area contributed by atoms with Gasteiger partial charge < -0.3 is 15.0 Å². The standard InChI is InChI=1S/C12H17ClFN3O3/c1-16(5-6-20-2)4-3-15-11-7-9(13)10(14)8-12(11)17(18)19/h7-8,15H,3-6H2,1-2H3. The number of benzene rings is 1. The summed E-state index contributed by atoms with van der Waals surface area (Å²) in [7, 11) is 3.53. The van der Waals surface area contributed by atoms with E-state index in [-0.39, 0.29) is 16.4 Å². The minimum absolute atomic E-state index is 0.147. The number of methoxy groups -OCH3 is 1. The van der Waals surface area contributed by atoms with Crippen molar-refractivity contribution in [3.63, 3.8) is 0 Å². The molecule has 1 aromatic rings. The zero-order valence-corrected chi connectivity index (χ0v) is 12.1. The van der Waals surface area contributed by atoms with Crippen molar-refractivity contribution >= 4 is 23.0 Å². The van der Waals surface area contributed by atoms with E-state index < -0.39 is 10.7 Å². The monoisotopic (exact) mass is 305 g/mol. The van der Waals surface area contributed by atoms with Gasteiger partial charge in [-0.25, -0.2) is 4.39 Å². The highest BCUT2D eigenvalue weighted by atomic mass is 35.5. The van der Waals surface area contributed by atoms with Crippen molar-refractivity contribution in [2.45, 2.75) is 0 Å². The molecule has 6 nitrogen and oxygen atoms in total. The third kappa shape index (κ3) is 4.92. The summed E-state index contributed by atoms with van der Waals surface area (Å²) in [6, 6.07) is 2.05. The number of rotatable bonds is 8. The van der Waals surface area contributed by atoms with Crippen molar-refractivity contribution in [2.75, 3.05) is 45.7 Å². The molecule has 8 heteroatoms. The van der Waals surface area contributed by atoms with E-state index in [1.54, 1.807) is 7.11 Å². The summed E-state index contributed by atoms with van der Waals surface area (Å²) in [5.41, 5.74) is -0.118. The highest BCUT2D eigenvalue weighted by Crippen LogP contribution is 2.30. The SMILES string of the molecule is COCCN(C)CCNc1cc(Cl)c(F)cc1[N+](=O)[O-]. The van der Waals surface area contributed by atoms with Gasteiger partial charge in [-0.15, -0.1) is 0 Å². The number of anilines is 1. The molecule has 0 aromatic heterocycles. The Hall–Kier alpha value is -1.44. The number of nitro benzene ring substituents is 1. The van der Waals surface area contributed by atoms with Crippen molar-refractivity contribution in [1.82, 2.24) is 4.90 Å². The lowest BCUT2D eigenvalue weighted by molar-refractivity contribution is -0.384. The van der Waals surface area contributed by atoms with Gasteiger partial charge in [-0.2, -0.15) is 0 Å². The Bertz CT molecular complexity index is 474. The molecular formula is C12H17ClFN3O3. The summed E-state index contributed by atoms with van der Waals surface area (Å²) in [5.74, 6) is -0.805. The van der Waals surface area contributed by atoms with Crippen LogP contribution in [0.15, 0.2) is 12.1 Å². The lowest BCUT2D eigenvalue weighted by Crippen LogP contribution is -2.28. The molecule has 1 rings (SSSR count). The van der Waals surface area contributed by atoms with Crippen molar-refractivity contribution in [3.8, 4) is 0 Å². The van der Waals surface area contributed by atoms with Crippen molar-refractivity contribution < 1.29 is 14.1 Å². The lowest BCUT2D eigenvalue weighted by atomic mass is 10.2. The Kier molecular flexibility index (Phi) is 6.63. The maximum atomic E-state index is 13.2. The van der Waals surface area contributed by atoms with E-state index in [1.807, 2.05) is 11.9 Å². The van der Waals surface area contributed by atoms with Gasteiger partial charge in [-0.1, -0.05) is 11.6 Å². The van der Waals surface area contributed by atoms with Crippen LogP contribution in [0.1, 0.15) is 0 Å². The zero-order valence-electron chi connectivity index (χ0n) is 11.4. The molecule has 0 amide bonds. The van der Waals surface area contributed by atoms with Crippen LogP contribution in [0, 0.1) is 15.9 Å². The van der Waals surface area contributed by atoms with Crippen LogP contribution in [0.4, 0.5) is 15.8 Å². The van der Waals surface area contributed by atoms with E-state index in [0.717, 1.165) is 12.6 Å². The van der Waals surface area contributed by atoms with Crippen LogP contribution in [-0.2, 0) is 4.74 Å². The molecule has 0 unspecified atom stereocenters. The molecule has 0 saturated heterocycles. The predicted octanol–water partition coefficient (Wildman–Crippen LogP) is 2.38. The van der Waals surface area contributed by atoms with Gasteiger partial charge in [0.25, 0.3) is 5.69 Å². The highest BCUT2D eigenvalue weighted by molar-refractivity contribution is 6.31. The van der Waals surface area contributed by atoms with Crippen LogP contribution in [0.25, 0.3) is 0 Å². The molecule has 0 aliphatic carbocycles. The van der Waals surface area contributed by atoms with Crippen LogP contribution in [0.5, 0.6) is 0 Å². The minimum atomic E-state index is -0.805. The van der Waals surface area contributed by atoms with Crippen LogP contribution in [0.2, 0.25) is 5.02 Å². The second-order valence-corrected chi connectivity index (χ2v) is 4.67. The molecule has 20 heavy (non-hydrogen) atoms. The van der Waals surface area contributed by atoms with Crippen LogP contribution in [0.3, 0.4) is 0 Å². The molecule has 1 N–H and O–H groups in total. The molecule has 0 aliphatic heterocycles. The lowest BCUT2D eigenvalue weighted by Gasteiger charge is -2.16. The van der Waals surface area contributed by atoms with Gasteiger partial charge in [0.15, 0.2) is 0 Å². The third-order valence-corrected chi connectivity index (χ3v) is 3.01. The summed E-state index contributed by atoms with van der Waals surface area (Å²) in [6.45, 7) is 2.50. The summed E-state index contributed by atoms with van der Waals surface area (Å²) < 4.78 is 18.2. The van der Waals surface area contributed by atoms with E-state index in [2.05, 4.69) is 5.32 Å². The number of nitrogens with zero attached hydrogens (tertiary/aromatic N) is 2. The van der Waals surface area contributed by atoms with Gasteiger partial charge in [0.05, 0.1) is 22.6 Å². The molecule has 0 bridgehead atoms. The predicted molar refractivity (Wildman–Crippen MR) is 75.9 cm³/mol. The third-order valence-electron chi connectivity index (χ3n) is 2.72. The maximum Gasteiger partial charge on any atom is 0.295 e. The fraction of sp³-hybridized carbons (Fsp3) is 0.500. The average molecular weight is 306 g/mol. The smallest absolute Gasteiger partial charge is 0.295 e. The Morgan fingerprint density at radius 2 is 2.20 bits per heavy atom. The van der Waals surface area contributed by atoms with E-state index in [9.17, 15) is 14.5 Å². The maximum absolute atomic E-state index is 13.2. The molecule has 0 fully saturated rings. The Balaban J connectivity index is 2.63. The van der Waals surface area contributed by atoms with E-state index in [0.29, 0.717) is 19.7 Å². The van der Waals surface area contributed by atoms with Crippen LogP contribution >= 0.6 is 11.6 Å². The summed E-state index contributed by atoms with van der Waals surface area (Å²) in [5, 5.41) is 13.6. The number of hydrogen-bond donors (Lipinski definition) is 1. The molecule has 0 radical (unpaired) electrons. The first-order valence-electron chi connectivity index (χ1n) is 6.00. The molecule has 0 atom stereocenters. The van der Waals surface area contributed by atoms with Gasteiger partial charge in [-0.05, 0) is 13.1 Å². The molecule has 0 saturated carbocycles. The van der Waals surface area contributed by atoms with Gasteiger partial charge in [-0.3, -0.25) is 10.1 Å². The second-order valence-electron chi connectivity index (χ2n) is 4.26. The van der Waals surface area contributed by atoms with Gasteiger partial charge >= 0.3 is 0 Å². The van der Waals surface area contributed by atoms with E-state index >= 15 is 0 Å². The fourth-order valence-electron chi connectivity index (χ4n) is 1.57. The van der Waals surface area contributed by atoms with Crippen molar-refractivity contribution in [1.29, 1.82) is 0 Å². The Morgan fingerprint density at radius 1 is 1.50 bits per heavy atom. The topological polar surface area (TPSA) is 67.6 Å². The molecular weight excluding hydrogens is 289 g/mol. The molecule has 1 aromatic carbocycles. The number of halogens is 2. The zero-order chi connectivity index (χ0) is 15.1. The van der Waals surface area contributed by atoms with Gasteiger partial charge in [0.1, 0.15) is 11.5 Å². The summed E-state index contributed by atoms with van der Waals surface area (Å²) in [6.07, 6.45) is 0. The molecule has 0 heterocycles. The number of nitrogens with one attached hydrogen (secondary N) is 1. The first-order valence-corrected chi connectivity index (χ1v) is 6.38. The van der Waals surface area contributed by atoms with Crippen LogP contribution in [-0.4, -0.2) is 50.2 Å². The summed E-state index contributed by atoms with van der Waals surface area (Å²) >= 11 is 5.64. The van der Waals surface area contributed by atoms with Crippen molar-refractivity contribution in [2.24, 2.45) is 0 Å². The van der Waals surface area contributed by atoms with E-state index in [1.165, 1.54) is 6.07 Å². The first kappa shape index (κ1) is 16.6. The summed E-state index contributed by atoms with van der Waals surface area (Å²) in [4.78, 5) is 12.2. The molecule has 0 spiro atoms. The normalized spacial score (nSPS) is 10.8. The Labute approximate surface area is 121 Å². The number of hydrogen-bond acceptors (Lipinski definition) is 5. The van der Waals surface area contributed by atoms with Crippen LogP contribution < -0.4 is 5.32 Å². The number of ether oxygens (including phenoxy) is 1. The van der Waals surface area contributed by atoms with Crippen molar-refractivity contribution in [3.05, 3.63) is 33.1 Å². The molecule has 112 valence electrons. The first-order chi connectivity index (χ1) is 9.45. The fourth-order valence-corrected chi connectivity index (χ4v) is 1.73. The highest BCUT2D eigenvalue weighted by Gasteiger charge is 2.17.